The van der Waals surface area contributed by atoms with Crippen LogP contribution in [0.4, 0.5) is 0 Å². The van der Waals surface area contributed by atoms with Crippen LogP contribution < -0.4 is 0 Å². The molecule has 2 heterocycles. The Morgan fingerprint density at radius 3 is 2.00 bits per heavy atom. The summed E-state index contributed by atoms with van der Waals surface area (Å²) in [5.74, 6) is 0.665. The first kappa shape index (κ1) is 35.6. The fourth-order valence-corrected chi connectivity index (χ4v) is 9.26. The molecule has 3 nitrogen and oxygen atoms in total. The summed E-state index contributed by atoms with van der Waals surface area (Å²) in [6, 6.07) is 71.2. The van der Waals surface area contributed by atoms with E-state index in [-0.39, 0.29) is 0 Å². The van der Waals surface area contributed by atoms with Gasteiger partial charge in [-0.05, 0) is 144 Å². The number of benzene rings is 7. The molecule has 3 heteroatoms. The molecular formula is C59H35N3. The second-order valence-corrected chi connectivity index (χ2v) is 16.0. The van der Waals surface area contributed by atoms with E-state index in [0.29, 0.717) is 5.82 Å². The molecule has 9 aromatic carbocycles. The van der Waals surface area contributed by atoms with Gasteiger partial charge in [-0.1, -0.05) is 146 Å². The fraction of sp³-hybridized carbons (Fsp3) is 0.0339. The van der Waals surface area contributed by atoms with Gasteiger partial charge in [0, 0.05) is 39.9 Å². The highest BCUT2D eigenvalue weighted by Crippen LogP contribution is 2.39. The summed E-state index contributed by atoms with van der Waals surface area (Å²) in [5, 5.41) is 9.49. The molecule has 0 amide bonds. The Hall–Kier alpha value is -8.37. The van der Waals surface area contributed by atoms with Crippen molar-refractivity contribution in [2.75, 3.05) is 0 Å². The number of pyridine rings is 1. The number of fused-ring (bicyclic) bond motifs is 9. The Kier molecular flexibility index (Phi) is 8.44. The molecule has 0 spiro atoms. The van der Waals surface area contributed by atoms with Gasteiger partial charge >= 0.3 is 0 Å². The lowest BCUT2D eigenvalue weighted by Crippen LogP contribution is -1.97. The molecule has 1 aliphatic rings. The zero-order chi connectivity index (χ0) is 41.0. The van der Waals surface area contributed by atoms with Crippen LogP contribution in [0.1, 0.15) is 17.5 Å². The van der Waals surface area contributed by atoms with Gasteiger partial charge in [0.15, 0.2) is 5.82 Å². The monoisotopic (exact) mass is 785 g/mol. The molecule has 286 valence electrons. The van der Waals surface area contributed by atoms with E-state index in [1.165, 1.54) is 38.1 Å². The lowest BCUT2D eigenvalue weighted by Gasteiger charge is -2.17. The van der Waals surface area contributed by atoms with Crippen molar-refractivity contribution in [3.05, 3.63) is 218 Å². The van der Waals surface area contributed by atoms with Crippen LogP contribution in [0, 0.1) is 24.3 Å². The van der Waals surface area contributed by atoms with Gasteiger partial charge in [-0.2, -0.15) is 0 Å². The van der Waals surface area contributed by atoms with E-state index in [1.807, 2.05) is 24.4 Å². The molecule has 0 saturated heterocycles. The highest BCUT2D eigenvalue weighted by Gasteiger charge is 2.17. The summed E-state index contributed by atoms with van der Waals surface area (Å²) in [6.45, 7) is 0. The lowest BCUT2D eigenvalue weighted by molar-refractivity contribution is 1.00. The van der Waals surface area contributed by atoms with Gasteiger partial charge in [0.25, 0.3) is 0 Å². The maximum atomic E-state index is 5.28. The van der Waals surface area contributed by atoms with Crippen LogP contribution in [-0.2, 0) is 6.42 Å². The van der Waals surface area contributed by atoms with Crippen molar-refractivity contribution in [3.63, 3.8) is 0 Å². The van der Waals surface area contributed by atoms with Crippen LogP contribution in [0.25, 0.3) is 116 Å². The summed E-state index contributed by atoms with van der Waals surface area (Å²) in [5.41, 5.74) is 14.1. The normalized spacial score (nSPS) is 12.1. The number of hydrogen-bond donors (Lipinski definition) is 0. The van der Waals surface area contributed by atoms with Crippen LogP contribution in [-0.4, -0.2) is 15.0 Å². The first-order valence-corrected chi connectivity index (χ1v) is 21.0. The molecule has 12 rings (SSSR count). The molecule has 0 saturated carbocycles. The summed E-state index contributed by atoms with van der Waals surface area (Å²) >= 11 is 0. The van der Waals surface area contributed by atoms with Crippen molar-refractivity contribution in [1.29, 1.82) is 0 Å². The third-order valence-corrected chi connectivity index (χ3v) is 12.3. The van der Waals surface area contributed by atoms with E-state index in [1.54, 1.807) is 6.20 Å². The second kappa shape index (κ2) is 14.7. The predicted molar refractivity (Wildman–Crippen MR) is 255 cm³/mol. The highest BCUT2D eigenvalue weighted by atomic mass is 14.9. The maximum Gasteiger partial charge on any atom is 0.160 e. The Labute approximate surface area is 360 Å². The second-order valence-electron chi connectivity index (χ2n) is 16.0. The van der Waals surface area contributed by atoms with Gasteiger partial charge in [0.2, 0.25) is 0 Å². The van der Waals surface area contributed by atoms with Crippen LogP contribution in [0.2, 0.25) is 0 Å². The number of aryl methyl sites for hydroxylation is 1. The topological polar surface area (TPSA) is 38.7 Å². The SMILES string of the molecule is c1ccc2c3c(c4ccc(-c5ccc(-c6nc(-c7ccc(-c8cccnc8)cc7)cc(-c7cccc(-c8cc9ccccc9c9ccc#cc89)c7)n6)cc5)cc4c2c#1)C=CCC3. The van der Waals surface area contributed by atoms with Gasteiger partial charge < -0.3 is 0 Å². The highest BCUT2D eigenvalue weighted by molar-refractivity contribution is 6.14. The Bertz CT molecular complexity index is 3550. The molecule has 0 atom stereocenters. The summed E-state index contributed by atoms with van der Waals surface area (Å²) in [4.78, 5) is 14.8. The van der Waals surface area contributed by atoms with E-state index in [9.17, 15) is 0 Å². The summed E-state index contributed by atoms with van der Waals surface area (Å²) in [6.07, 6.45) is 10.4. The molecule has 0 N–H and O–H groups in total. The van der Waals surface area contributed by atoms with Gasteiger partial charge in [-0.3, -0.25) is 4.98 Å². The molecular weight excluding hydrogens is 751 g/mol. The largest absolute Gasteiger partial charge is 0.264 e. The van der Waals surface area contributed by atoms with E-state index < -0.39 is 0 Å². The number of hydrogen-bond acceptors (Lipinski definition) is 3. The van der Waals surface area contributed by atoms with Crippen molar-refractivity contribution in [3.8, 4) is 67.3 Å². The number of allylic oxidation sites excluding steroid dienone is 1. The minimum Gasteiger partial charge on any atom is -0.264 e. The van der Waals surface area contributed by atoms with Gasteiger partial charge in [0.1, 0.15) is 0 Å². The number of rotatable bonds is 6. The minimum atomic E-state index is 0.665. The number of nitrogens with zero attached hydrogens (tertiary/aromatic N) is 3. The van der Waals surface area contributed by atoms with Crippen LogP contribution >= 0.6 is 0 Å². The van der Waals surface area contributed by atoms with Crippen molar-refractivity contribution in [2.45, 2.75) is 12.8 Å². The maximum absolute atomic E-state index is 5.28. The van der Waals surface area contributed by atoms with Gasteiger partial charge in [0.05, 0.1) is 11.4 Å². The summed E-state index contributed by atoms with van der Waals surface area (Å²) < 4.78 is 0. The van der Waals surface area contributed by atoms with E-state index in [2.05, 4.69) is 187 Å². The third-order valence-electron chi connectivity index (χ3n) is 12.3. The first-order chi connectivity index (χ1) is 30.7. The average molecular weight is 786 g/mol. The Morgan fingerprint density at radius 1 is 0.452 bits per heavy atom. The molecule has 0 unspecified atom stereocenters. The zero-order valence-electron chi connectivity index (χ0n) is 33.7. The fourth-order valence-electron chi connectivity index (χ4n) is 9.26. The molecule has 1 aliphatic carbocycles. The molecule has 62 heavy (non-hydrogen) atoms. The number of aromatic nitrogens is 3. The molecule has 0 aliphatic heterocycles. The van der Waals surface area contributed by atoms with Crippen LogP contribution in [0.3, 0.4) is 0 Å². The average Bonchev–Trinajstić information content (AvgIpc) is 3.36. The van der Waals surface area contributed by atoms with Crippen molar-refractivity contribution in [2.24, 2.45) is 0 Å². The van der Waals surface area contributed by atoms with Crippen LogP contribution in [0.5, 0.6) is 0 Å². The zero-order valence-corrected chi connectivity index (χ0v) is 33.7. The minimum absolute atomic E-state index is 0.665. The van der Waals surface area contributed by atoms with E-state index in [0.717, 1.165) is 90.5 Å². The standard InChI is InChI=1S/C59H35N3/c1-2-15-47-44(11-1)35-55(52-20-7-3-16-48(47)52)43-12-9-13-45(33-43)58-36-57(40-26-22-39(23-27-40)46-14-10-32-60-37-46)61-59(62-58)41-28-24-38(25-29-41)42-30-31-54-51-19-5-4-17-49(51)50-18-6-8-21-53(50)56(54)34-42/h1-3,5-6,9-16,18-19,22-37H,4,17H2. The quantitative estimate of drug-likeness (QED) is 0.169. The van der Waals surface area contributed by atoms with Crippen molar-refractivity contribution in [1.82, 2.24) is 15.0 Å². The molecule has 2 aromatic heterocycles. The van der Waals surface area contributed by atoms with Gasteiger partial charge in [-0.15, -0.1) is 0 Å². The summed E-state index contributed by atoms with van der Waals surface area (Å²) in [7, 11) is 0. The van der Waals surface area contributed by atoms with Gasteiger partial charge in [-0.25, -0.2) is 9.97 Å². The lowest BCUT2D eigenvalue weighted by atomic mass is 9.86. The van der Waals surface area contributed by atoms with Crippen molar-refractivity contribution >= 4 is 49.2 Å². The third kappa shape index (κ3) is 6.16. The van der Waals surface area contributed by atoms with E-state index in [4.69, 9.17) is 9.97 Å². The van der Waals surface area contributed by atoms with Crippen LogP contribution in [0.15, 0.2) is 182 Å². The predicted octanol–water partition coefficient (Wildman–Crippen LogP) is 14.6. The molecule has 0 fully saturated rings. The molecule has 0 radical (unpaired) electrons. The van der Waals surface area contributed by atoms with E-state index >= 15 is 0 Å². The molecule has 11 aromatic rings. The Balaban J connectivity index is 0.965. The smallest absolute Gasteiger partial charge is 0.160 e. The first-order valence-electron chi connectivity index (χ1n) is 21.0. The Morgan fingerprint density at radius 2 is 1.16 bits per heavy atom. The van der Waals surface area contributed by atoms with Crippen molar-refractivity contribution < 1.29 is 0 Å². The molecule has 0 bridgehead atoms.